The summed E-state index contributed by atoms with van der Waals surface area (Å²) in [7, 11) is 0. The van der Waals surface area contributed by atoms with Crippen LogP contribution in [-0.2, 0) is 6.18 Å². The van der Waals surface area contributed by atoms with Crippen molar-refractivity contribution >= 4 is 22.9 Å². The van der Waals surface area contributed by atoms with E-state index >= 15 is 0 Å². The van der Waals surface area contributed by atoms with Crippen LogP contribution >= 0.6 is 11.3 Å². The molecule has 0 unspecified atom stereocenters. The van der Waals surface area contributed by atoms with Gasteiger partial charge in [0.05, 0.1) is 11.1 Å². The number of hydrogen-bond acceptors (Lipinski definition) is 5. The summed E-state index contributed by atoms with van der Waals surface area (Å²) in [5, 5.41) is 8.62. The van der Waals surface area contributed by atoms with Gasteiger partial charge in [0.25, 0.3) is 11.8 Å². The van der Waals surface area contributed by atoms with Gasteiger partial charge in [0.15, 0.2) is 5.82 Å². The number of aryl methyl sites for hydroxylation is 1. The van der Waals surface area contributed by atoms with E-state index in [9.17, 15) is 18.0 Å². The maximum atomic E-state index is 13.0. The highest BCUT2D eigenvalue weighted by Gasteiger charge is 2.36. The van der Waals surface area contributed by atoms with Crippen molar-refractivity contribution in [2.75, 3.05) is 5.32 Å². The minimum atomic E-state index is -4.57. The van der Waals surface area contributed by atoms with Crippen LogP contribution in [0.5, 0.6) is 0 Å². The maximum Gasteiger partial charge on any atom is 0.417 e. The molecule has 140 valence electrons. The fraction of sp³-hybridized carbons (Fsp3) is 0.278. The van der Waals surface area contributed by atoms with Crippen LogP contribution < -0.4 is 5.32 Å². The van der Waals surface area contributed by atoms with Crippen LogP contribution in [0.25, 0.3) is 11.5 Å². The van der Waals surface area contributed by atoms with Crippen molar-refractivity contribution in [2.45, 2.75) is 31.9 Å². The third-order valence-electron chi connectivity index (χ3n) is 4.32. The molecule has 5 nitrogen and oxygen atoms in total. The molecule has 0 saturated heterocycles. The molecule has 0 atom stereocenters. The number of carbonyl (C=O) groups excluding carboxylic acids is 1. The summed E-state index contributed by atoms with van der Waals surface area (Å²) in [6.45, 7) is 1.75. The Morgan fingerprint density at radius 1 is 1.30 bits per heavy atom. The van der Waals surface area contributed by atoms with E-state index in [-0.39, 0.29) is 5.56 Å². The molecular weight excluding hydrogens is 379 g/mol. The predicted molar refractivity (Wildman–Crippen MR) is 93.7 cm³/mol. The first kappa shape index (κ1) is 17.7. The number of nitrogens with zero attached hydrogens (tertiary/aromatic N) is 2. The van der Waals surface area contributed by atoms with E-state index in [4.69, 9.17) is 4.52 Å². The van der Waals surface area contributed by atoms with Crippen molar-refractivity contribution in [3.8, 4) is 11.5 Å². The number of rotatable bonds is 4. The van der Waals surface area contributed by atoms with Crippen LogP contribution in [-0.4, -0.2) is 16.0 Å². The summed E-state index contributed by atoms with van der Waals surface area (Å²) in [6.07, 6.45) is -2.44. The third kappa shape index (κ3) is 3.59. The summed E-state index contributed by atoms with van der Waals surface area (Å²) >= 11 is 0.837. The second-order valence-electron chi connectivity index (χ2n) is 6.41. The molecule has 3 aromatic rings. The molecule has 1 fully saturated rings. The van der Waals surface area contributed by atoms with Gasteiger partial charge >= 0.3 is 6.18 Å². The van der Waals surface area contributed by atoms with Crippen molar-refractivity contribution in [1.29, 1.82) is 0 Å². The van der Waals surface area contributed by atoms with E-state index in [0.29, 0.717) is 34.4 Å². The largest absolute Gasteiger partial charge is 0.417 e. The first-order valence-electron chi connectivity index (χ1n) is 8.22. The first-order valence-corrected chi connectivity index (χ1v) is 9.16. The normalized spacial score (nSPS) is 14.4. The molecule has 1 amide bonds. The molecule has 1 saturated carbocycles. The topological polar surface area (TPSA) is 68.0 Å². The Bertz CT molecular complexity index is 1010. The summed E-state index contributed by atoms with van der Waals surface area (Å²) < 4.78 is 44.2. The lowest BCUT2D eigenvalue weighted by molar-refractivity contribution is -0.137. The Morgan fingerprint density at radius 2 is 2.07 bits per heavy atom. The number of anilines is 1. The van der Waals surface area contributed by atoms with Crippen molar-refractivity contribution in [1.82, 2.24) is 10.1 Å². The molecule has 1 aromatic carbocycles. The molecule has 1 N–H and O–H groups in total. The molecule has 0 spiro atoms. The van der Waals surface area contributed by atoms with Crippen LogP contribution in [0.2, 0.25) is 0 Å². The fourth-order valence-electron chi connectivity index (χ4n) is 2.68. The van der Waals surface area contributed by atoms with Gasteiger partial charge in [0, 0.05) is 27.9 Å². The Balaban J connectivity index is 1.54. The monoisotopic (exact) mass is 393 g/mol. The number of amides is 1. The molecule has 1 aliphatic rings. The summed E-state index contributed by atoms with van der Waals surface area (Å²) in [6, 6.07) is 5.05. The molecule has 2 heterocycles. The van der Waals surface area contributed by atoms with Gasteiger partial charge in [-0.1, -0.05) is 5.16 Å². The van der Waals surface area contributed by atoms with Gasteiger partial charge in [-0.2, -0.15) is 29.5 Å². The second kappa shape index (κ2) is 6.49. The zero-order valence-electron chi connectivity index (χ0n) is 14.1. The minimum Gasteiger partial charge on any atom is -0.334 e. The summed E-state index contributed by atoms with van der Waals surface area (Å²) in [4.78, 5) is 16.7. The molecule has 0 aliphatic heterocycles. The summed E-state index contributed by atoms with van der Waals surface area (Å²) in [5.41, 5.74) is 0.469. The van der Waals surface area contributed by atoms with Crippen LogP contribution in [0, 0.1) is 6.92 Å². The van der Waals surface area contributed by atoms with Gasteiger partial charge < -0.3 is 9.84 Å². The average Bonchev–Trinajstić information content (AvgIpc) is 3.13. The van der Waals surface area contributed by atoms with Crippen LogP contribution in [0.15, 0.2) is 33.5 Å². The molecule has 9 heteroatoms. The number of thiophene rings is 1. The average molecular weight is 393 g/mol. The molecule has 4 rings (SSSR count). The summed E-state index contributed by atoms with van der Waals surface area (Å²) in [5.74, 6) is 0.649. The Hall–Kier alpha value is -2.68. The molecule has 27 heavy (non-hydrogen) atoms. The zero-order valence-corrected chi connectivity index (χ0v) is 14.9. The lowest BCUT2D eigenvalue weighted by Crippen LogP contribution is -2.17. The standard InChI is InChI=1S/C18H14F3N3O2S/c1-9-6-11(17-23-15(24-26-17)10-2-3-10)4-5-14(9)22-16(25)12-7-27-8-13(12)18(19,20)21/h4-8,10H,2-3H2,1H3,(H,22,25). The van der Waals surface area contributed by atoms with E-state index in [1.165, 1.54) is 5.38 Å². The minimum absolute atomic E-state index is 0.371. The van der Waals surface area contributed by atoms with Crippen molar-refractivity contribution in [3.63, 3.8) is 0 Å². The van der Waals surface area contributed by atoms with Gasteiger partial charge in [-0.05, 0) is 43.5 Å². The Kier molecular flexibility index (Phi) is 4.26. The van der Waals surface area contributed by atoms with E-state index in [1.54, 1.807) is 25.1 Å². The zero-order chi connectivity index (χ0) is 19.2. The highest BCUT2D eigenvalue weighted by atomic mass is 32.1. The fourth-order valence-corrected chi connectivity index (χ4v) is 3.51. The molecular formula is C18H14F3N3O2S. The lowest BCUT2D eigenvalue weighted by atomic mass is 10.1. The highest BCUT2D eigenvalue weighted by molar-refractivity contribution is 7.08. The van der Waals surface area contributed by atoms with Gasteiger partial charge in [-0.15, -0.1) is 0 Å². The quantitative estimate of drug-likeness (QED) is 0.657. The number of halogens is 3. The van der Waals surface area contributed by atoms with Crippen molar-refractivity contribution in [3.05, 3.63) is 51.5 Å². The van der Waals surface area contributed by atoms with Gasteiger partial charge in [0.1, 0.15) is 0 Å². The lowest BCUT2D eigenvalue weighted by Gasteiger charge is -2.11. The van der Waals surface area contributed by atoms with E-state index < -0.39 is 17.6 Å². The maximum absolute atomic E-state index is 13.0. The van der Waals surface area contributed by atoms with E-state index in [0.717, 1.165) is 29.6 Å². The SMILES string of the molecule is Cc1cc(-c2nc(C3CC3)no2)ccc1NC(=O)c1cscc1C(F)(F)F. The number of aromatic nitrogens is 2. The number of hydrogen-bond donors (Lipinski definition) is 1. The molecule has 0 bridgehead atoms. The Morgan fingerprint density at radius 3 is 2.74 bits per heavy atom. The molecule has 1 aliphatic carbocycles. The van der Waals surface area contributed by atoms with Crippen LogP contribution in [0.1, 0.15) is 46.1 Å². The van der Waals surface area contributed by atoms with Crippen molar-refractivity contribution < 1.29 is 22.5 Å². The van der Waals surface area contributed by atoms with Crippen molar-refractivity contribution in [2.24, 2.45) is 0 Å². The first-order chi connectivity index (χ1) is 12.8. The number of nitrogens with one attached hydrogen (secondary N) is 1. The smallest absolute Gasteiger partial charge is 0.334 e. The van der Waals surface area contributed by atoms with Crippen LogP contribution in [0.3, 0.4) is 0 Å². The third-order valence-corrected chi connectivity index (χ3v) is 5.06. The molecule has 2 aromatic heterocycles. The second-order valence-corrected chi connectivity index (χ2v) is 7.16. The number of benzene rings is 1. The highest BCUT2D eigenvalue weighted by Crippen LogP contribution is 2.39. The van der Waals surface area contributed by atoms with Gasteiger partial charge in [0.2, 0.25) is 0 Å². The predicted octanol–water partition coefficient (Wildman–Crippen LogP) is 5.26. The van der Waals surface area contributed by atoms with Gasteiger partial charge in [-0.3, -0.25) is 4.79 Å². The number of alkyl halides is 3. The van der Waals surface area contributed by atoms with E-state index in [1.807, 2.05) is 0 Å². The van der Waals surface area contributed by atoms with E-state index in [2.05, 4.69) is 15.5 Å². The molecule has 0 radical (unpaired) electrons. The Labute approximate surface area is 156 Å². The number of carbonyl (C=O) groups is 1. The van der Waals surface area contributed by atoms with Gasteiger partial charge in [-0.25, -0.2) is 0 Å². The van der Waals surface area contributed by atoms with Crippen LogP contribution in [0.4, 0.5) is 18.9 Å².